The molecule has 0 atom stereocenters. The van der Waals surface area contributed by atoms with Crippen LogP contribution in [-0.2, 0) is 0 Å². The second-order valence-electron chi connectivity index (χ2n) is 2.80. The summed E-state index contributed by atoms with van der Waals surface area (Å²) >= 11 is 5.86. The number of nitrogens with two attached hydrogens (primary N) is 1. The van der Waals surface area contributed by atoms with E-state index >= 15 is 0 Å². The monoisotopic (exact) mass is 205 g/mol. The van der Waals surface area contributed by atoms with Gasteiger partial charge >= 0.3 is 0 Å². The molecule has 70 valence electrons. The SMILES string of the molecule is Nc1ccc(Cl)cc1-c1ncccn1. The predicted molar refractivity (Wildman–Crippen MR) is 56.9 cm³/mol. The number of hydrogen-bond donors (Lipinski definition) is 1. The van der Waals surface area contributed by atoms with Gasteiger partial charge in [0.05, 0.1) is 0 Å². The van der Waals surface area contributed by atoms with E-state index in [0.717, 1.165) is 5.56 Å². The second kappa shape index (κ2) is 3.64. The quantitative estimate of drug-likeness (QED) is 0.728. The molecule has 1 aromatic carbocycles. The molecule has 0 saturated carbocycles. The van der Waals surface area contributed by atoms with Gasteiger partial charge in [-0.05, 0) is 24.3 Å². The van der Waals surface area contributed by atoms with Gasteiger partial charge in [0, 0.05) is 28.7 Å². The highest BCUT2D eigenvalue weighted by Gasteiger charge is 2.04. The van der Waals surface area contributed by atoms with E-state index < -0.39 is 0 Å². The van der Waals surface area contributed by atoms with Crippen molar-refractivity contribution < 1.29 is 0 Å². The molecule has 0 aliphatic carbocycles. The van der Waals surface area contributed by atoms with Crippen molar-refractivity contribution in [3.05, 3.63) is 41.7 Å². The summed E-state index contributed by atoms with van der Waals surface area (Å²) in [6.07, 6.45) is 3.34. The van der Waals surface area contributed by atoms with E-state index in [-0.39, 0.29) is 0 Å². The molecule has 4 heteroatoms. The van der Waals surface area contributed by atoms with Crippen LogP contribution in [0.4, 0.5) is 5.69 Å². The van der Waals surface area contributed by atoms with Crippen LogP contribution in [0.25, 0.3) is 11.4 Å². The summed E-state index contributed by atoms with van der Waals surface area (Å²) in [6.45, 7) is 0. The fraction of sp³-hybridized carbons (Fsp3) is 0. The first kappa shape index (κ1) is 8.97. The molecule has 3 nitrogen and oxygen atoms in total. The molecule has 1 aromatic heterocycles. The van der Waals surface area contributed by atoms with E-state index in [9.17, 15) is 0 Å². The summed E-state index contributed by atoms with van der Waals surface area (Å²) in [5.74, 6) is 0.590. The minimum atomic E-state index is 0.590. The molecule has 0 radical (unpaired) electrons. The van der Waals surface area contributed by atoms with Gasteiger partial charge in [-0.3, -0.25) is 0 Å². The average Bonchev–Trinajstić information content (AvgIpc) is 2.23. The predicted octanol–water partition coefficient (Wildman–Crippen LogP) is 2.38. The van der Waals surface area contributed by atoms with Crippen molar-refractivity contribution in [1.29, 1.82) is 0 Å². The van der Waals surface area contributed by atoms with Gasteiger partial charge in [-0.2, -0.15) is 0 Å². The minimum absolute atomic E-state index is 0.590. The Morgan fingerprint density at radius 2 is 1.86 bits per heavy atom. The van der Waals surface area contributed by atoms with Crippen molar-refractivity contribution in [1.82, 2.24) is 9.97 Å². The van der Waals surface area contributed by atoms with Crippen LogP contribution in [0.1, 0.15) is 0 Å². The molecule has 2 rings (SSSR count). The van der Waals surface area contributed by atoms with Gasteiger partial charge in [-0.1, -0.05) is 11.6 Å². The average molecular weight is 206 g/mol. The Morgan fingerprint density at radius 3 is 2.57 bits per heavy atom. The molecule has 0 bridgehead atoms. The van der Waals surface area contributed by atoms with E-state index in [2.05, 4.69) is 9.97 Å². The lowest BCUT2D eigenvalue weighted by Gasteiger charge is -2.03. The smallest absolute Gasteiger partial charge is 0.161 e. The molecule has 2 aromatic rings. The number of benzene rings is 1. The third kappa shape index (κ3) is 1.67. The zero-order chi connectivity index (χ0) is 9.97. The van der Waals surface area contributed by atoms with Crippen molar-refractivity contribution in [2.24, 2.45) is 0 Å². The van der Waals surface area contributed by atoms with Crippen LogP contribution in [0.2, 0.25) is 5.02 Å². The lowest BCUT2D eigenvalue weighted by Crippen LogP contribution is -1.93. The fourth-order valence-electron chi connectivity index (χ4n) is 1.16. The molecule has 0 aliphatic heterocycles. The van der Waals surface area contributed by atoms with Crippen molar-refractivity contribution >= 4 is 17.3 Å². The lowest BCUT2D eigenvalue weighted by molar-refractivity contribution is 1.18. The number of nitrogen functional groups attached to an aromatic ring is 1. The van der Waals surface area contributed by atoms with Gasteiger partial charge in [0.25, 0.3) is 0 Å². The Morgan fingerprint density at radius 1 is 1.14 bits per heavy atom. The first-order valence-corrected chi connectivity index (χ1v) is 4.47. The molecule has 1 heterocycles. The van der Waals surface area contributed by atoms with E-state index in [1.165, 1.54) is 0 Å². The van der Waals surface area contributed by atoms with Gasteiger partial charge < -0.3 is 5.73 Å². The molecule has 0 unspecified atom stereocenters. The Bertz CT molecular complexity index is 442. The second-order valence-corrected chi connectivity index (χ2v) is 3.24. The van der Waals surface area contributed by atoms with Crippen molar-refractivity contribution in [2.75, 3.05) is 5.73 Å². The van der Waals surface area contributed by atoms with Crippen molar-refractivity contribution in [3.8, 4) is 11.4 Å². The summed E-state index contributed by atoms with van der Waals surface area (Å²) < 4.78 is 0. The van der Waals surface area contributed by atoms with Crippen LogP contribution in [0.3, 0.4) is 0 Å². The van der Waals surface area contributed by atoms with Crippen LogP contribution < -0.4 is 5.73 Å². The van der Waals surface area contributed by atoms with Crippen LogP contribution in [0, 0.1) is 0 Å². The Kier molecular flexibility index (Phi) is 2.33. The zero-order valence-corrected chi connectivity index (χ0v) is 8.07. The maximum Gasteiger partial charge on any atom is 0.161 e. The molecule has 0 aliphatic rings. The number of hydrogen-bond acceptors (Lipinski definition) is 3. The molecular formula is C10H8ClN3. The van der Waals surface area contributed by atoms with Gasteiger partial charge in [-0.25, -0.2) is 9.97 Å². The number of aromatic nitrogens is 2. The molecule has 0 spiro atoms. The number of anilines is 1. The topological polar surface area (TPSA) is 51.8 Å². The highest BCUT2D eigenvalue weighted by molar-refractivity contribution is 6.31. The maximum absolute atomic E-state index is 5.86. The van der Waals surface area contributed by atoms with E-state index in [1.807, 2.05) is 0 Å². The Hall–Kier alpha value is -1.61. The van der Waals surface area contributed by atoms with E-state index in [4.69, 9.17) is 17.3 Å². The molecule has 14 heavy (non-hydrogen) atoms. The summed E-state index contributed by atoms with van der Waals surface area (Å²) in [7, 11) is 0. The normalized spacial score (nSPS) is 10.1. The van der Waals surface area contributed by atoms with Gasteiger partial charge in [0.2, 0.25) is 0 Å². The summed E-state index contributed by atoms with van der Waals surface area (Å²) in [5, 5.41) is 0.627. The number of nitrogens with zero attached hydrogens (tertiary/aromatic N) is 2. The fourth-order valence-corrected chi connectivity index (χ4v) is 1.33. The molecule has 2 N–H and O–H groups in total. The number of halogens is 1. The van der Waals surface area contributed by atoms with Crippen LogP contribution in [-0.4, -0.2) is 9.97 Å². The van der Waals surface area contributed by atoms with Crippen molar-refractivity contribution in [3.63, 3.8) is 0 Å². The van der Waals surface area contributed by atoms with E-state index in [0.29, 0.717) is 16.5 Å². The van der Waals surface area contributed by atoms with Crippen LogP contribution in [0.5, 0.6) is 0 Å². The third-order valence-electron chi connectivity index (χ3n) is 1.82. The molecule has 0 fully saturated rings. The molecular weight excluding hydrogens is 198 g/mol. The Labute approximate surface area is 86.6 Å². The number of rotatable bonds is 1. The largest absolute Gasteiger partial charge is 0.398 e. The van der Waals surface area contributed by atoms with Gasteiger partial charge in [-0.15, -0.1) is 0 Å². The first-order chi connectivity index (χ1) is 6.77. The third-order valence-corrected chi connectivity index (χ3v) is 2.06. The standard InChI is InChI=1S/C10H8ClN3/c11-7-2-3-9(12)8(6-7)10-13-4-1-5-14-10/h1-6H,12H2. The van der Waals surface area contributed by atoms with Gasteiger partial charge in [0.1, 0.15) is 0 Å². The summed E-state index contributed by atoms with van der Waals surface area (Å²) in [5.41, 5.74) is 7.17. The summed E-state index contributed by atoms with van der Waals surface area (Å²) in [6, 6.07) is 6.99. The first-order valence-electron chi connectivity index (χ1n) is 4.10. The molecule has 0 saturated heterocycles. The van der Waals surface area contributed by atoms with Crippen molar-refractivity contribution in [2.45, 2.75) is 0 Å². The van der Waals surface area contributed by atoms with E-state index in [1.54, 1.807) is 36.7 Å². The lowest BCUT2D eigenvalue weighted by atomic mass is 10.1. The zero-order valence-electron chi connectivity index (χ0n) is 7.31. The highest BCUT2D eigenvalue weighted by atomic mass is 35.5. The maximum atomic E-state index is 5.86. The van der Waals surface area contributed by atoms with Gasteiger partial charge in [0.15, 0.2) is 5.82 Å². The van der Waals surface area contributed by atoms with Crippen LogP contribution in [0.15, 0.2) is 36.7 Å². The highest BCUT2D eigenvalue weighted by Crippen LogP contribution is 2.25. The van der Waals surface area contributed by atoms with Crippen LogP contribution >= 0.6 is 11.6 Å². The minimum Gasteiger partial charge on any atom is -0.398 e. The molecule has 0 amide bonds. The Balaban J connectivity index is 2.57. The summed E-state index contributed by atoms with van der Waals surface area (Å²) in [4.78, 5) is 8.20.